The fraction of sp³-hybridized carbons (Fsp3) is 0. The zero-order valence-electron chi connectivity index (χ0n) is 10.4. The normalized spacial score (nSPS) is 10.2. The van der Waals surface area contributed by atoms with Gasteiger partial charge in [-0.05, 0) is 30.3 Å². The fourth-order valence-corrected chi connectivity index (χ4v) is 1.90. The molecule has 0 radical (unpaired) electrons. The molecule has 0 fully saturated rings. The van der Waals surface area contributed by atoms with Crippen LogP contribution in [0.3, 0.4) is 0 Å². The summed E-state index contributed by atoms with van der Waals surface area (Å²) in [6, 6.07) is 7.25. The molecule has 0 aliphatic heterocycles. The molecular formula is C14H9ClFNO4. The third kappa shape index (κ3) is 3.11. The Morgan fingerprint density at radius 1 is 1.19 bits per heavy atom. The molecule has 0 spiro atoms. The number of benzene rings is 2. The number of amides is 1. The molecule has 0 saturated carbocycles. The van der Waals surface area contributed by atoms with E-state index < -0.39 is 29.0 Å². The Kier molecular flexibility index (Phi) is 4.09. The predicted octanol–water partition coefficient (Wildman–Crippen LogP) is 3.14. The van der Waals surface area contributed by atoms with Crippen molar-refractivity contribution in [3.63, 3.8) is 0 Å². The number of carbonyl (C=O) groups is 2. The number of carboxylic acids is 1. The van der Waals surface area contributed by atoms with Crippen LogP contribution in [0.2, 0.25) is 5.02 Å². The van der Waals surface area contributed by atoms with Crippen LogP contribution in [0.4, 0.5) is 10.1 Å². The number of aromatic hydroxyl groups is 1. The van der Waals surface area contributed by atoms with Gasteiger partial charge in [-0.15, -0.1) is 0 Å². The van der Waals surface area contributed by atoms with Crippen LogP contribution in [0, 0.1) is 5.82 Å². The highest BCUT2D eigenvalue weighted by atomic mass is 35.5. The van der Waals surface area contributed by atoms with E-state index in [1.807, 2.05) is 0 Å². The molecule has 0 heterocycles. The molecule has 1 amide bonds. The average Bonchev–Trinajstić information content (AvgIpc) is 2.40. The molecule has 0 atom stereocenters. The monoisotopic (exact) mass is 309 g/mol. The van der Waals surface area contributed by atoms with Crippen molar-refractivity contribution in [2.24, 2.45) is 0 Å². The lowest BCUT2D eigenvalue weighted by molar-refractivity contribution is 0.0696. The molecule has 0 bridgehead atoms. The Labute approximate surface area is 123 Å². The second kappa shape index (κ2) is 5.80. The van der Waals surface area contributed by atoms with Crippen LogP contribution in [0.25, 0.3) is 0 Å². The van der Waals surface area contributed by atoms with E-state index in [0.717, 1.165) is 12.1 Å². The molecule has 2 aromatic carbocycles. The highest BCUT2D eigenvalue weighted by Crippen LogP contribution is 2.24. The standard InChI is InChI=1S/C14H9ClFNO4/c15-9-5-4-7(6-8(9)14(20)21)17-13(19)12-10(16)2-1-3-11(12)18/h1-6,18H,(H,17,19)(H,20,21). The van der Waals surface area contributed by atoms with Gasteiger partial charge < -0.3 is 15.5 Å². The summed E-state index contributed by atoms with van der Waals surface area (Å²) < 4.78 is 13.5. The number of anilines is 1. The Morgan fingerprint density at radius 3 is 2.52 bits per heavy atom. The summed E-state index contributed by atoms with van der Waals surface area (Å²) in [5.41, 5.74) is -0.610. The van der Waals surface area contributed by atoms with Gasteiger partial charge in [-0.3, -0.25) is 4.79 Å². The van der Waals surface area contributed by atoms with E-state index in [0.29, 0.717) is 0 Å². The molecule has 0 unspecified atom stereocenters. The van der Waals surface area contributed by atoms with Crippen LogP contribution in [-0.4, -0.2) is 22.1 Å². The SMILES string of the molecule is O=C(O)c1cc(NC(=O)c2c(O)cccc2F)ccc1Cl. The van der Waals surface area contributed by atoms with E-state index in [9.17, 15) is 19.1 Å². The number of halogens is 2. The Hall–Kier alpha value is -2.60. The molecule has 0 aliphatic rings. The van der Waals surface area contributed by atoms with Crippen molar-refractivity contribution in [1.29, 1.82) is 0 Å². The van der Waals surface area contributed by atoms with Crippen molar-refractivity contribution in [2.45, 2.75) is 0 Å². The highest BCUT2D eigenvalue weighted by molar-refractivity contribution is 6.33. The summed E-state index contributed by atoms with van der Waals surface area (Å²) in [7, 11) is 0. The highest BCUT2D eigenvalue weighted by Gasteiger charge is 2.17. The van der Waals surface area contributed by atoms with Crippen molar-refractivity contribution >= 4 is 29.2 Å². The molecule has 0 saturated heterocycles. The van der Waals surface area contributed by atoms with E-state index in [1.54, 1.807) is 0 Å². The topological polar surface area (TPSA) is 86.6 Å². The first kappa shape index (κ1) is 14.8. The first-order chi connectivity index (χ1) is 9.90. The van der Waals surface area contributed by atoms with Crippen LogP contribution in [0.5, 0.6) is 5.75 Å². The summed E-state index contributed by atoms with van der Waals surface area (Å²) in [5, 5.41) is 20.8. The summed E-state index contributed by atoms with van der Waals surface area (Å²) in [4.78, 5) is 22.9. The van der Waals surface area contributed by atoms with E-state index in [1.165, 1.54) is 24.3 Å². The lowest BCUT2D eigenvalue weighted by Crippen LogP contribution is -2.14. The van der Waals surface area contributed by atoms with Crippen LogP contribution in [-0.2, 0) is 0 Å². The molecule has 5 nitrogen and oxygen atoms in total. The van der Waals surface area contributed by atoms with Crippen molar-refractivity contribution in [2.75, 3.05) is 5.32 Å². The van der Waals surface area contributed by atoms with Crippen molar-refractivity contribution < 1.29 is 24.2 Å². The molecule has 2 aromatic rings. The Morgan fingerprint density at radius 2 is 1.90 bits per heavy atom. The van der Waals surface area contributed by atoms with Gasteiger partial charge in [0, 0.05) is 5.69 Å². The van der Waals surface area contributed by atoms with E-state index in [4.69, 9.17) is 16.7 Å². The number of phenolic OH excluding ortho intramolecular Hbond substituents is 1. The summed E-state index contributed by atoms with van der Waals surface area (Å²) in [6.45, 7) is 0. The van der Waals surface area contributed by atoms with E-state index in [2.05, 4.69) is 5.32 Å². The van der Waals surface area contributed by atoms with Gasteiger partial charge in [-0.25, -0.2) is 9.18 Å². The van der Waals surface area contributed by atoms with Crippen LogP contribution in [0.15, 0.2) is 36.4 Å². The van der Waals surface area contributed by atoms with Gasteiger partial charge in [0.2, 0.25) is 0 Å². The number of nitrogens with one attached hydrogen (secondary N) is 1. The smallest absolute Gasteiger partial charge is 0.337 e. The van der Waals surface area contributed by atoms with Gasteiger partial charge in [0.05, 0.1) is 10.6 Å². The van der Waals surface area contributed by atoms with Crippen molar-refractivity contribution in [1.82, 2.24) is 0 Å². The van der Waals surface area contributed by atoms with Gasteiger partial charge >= 0.3 is 5.97 Å². The van der Waals surface area contributed by atoms with Gasteiger partial charge in [-0.1, -0.05) is 17.7 Å². The molecule has 7 heteroatoms. The summed E-state index contributed by atoms with van der Waals surface area (Å²) in [5.74, 6) is -3.56. The van der Waals surface area contributed by atoms with E-state index >= 15 is 0 Å². The van der Waals surface area contributed by atoms with Gasteiger partial charge in [0.1, 0.15) is 17.1 Å². The molecule has 0 aliphatic carbocycles. The molecule has 3 N–H and O–H groups in total. The zero-order valence-corrected chi connectivity index (χ0v) is 11.2. The van der Waals surface area contributed by atoms with Crippen LogP contribution >= 0.6 is 11.6 Å². The quantitative estimate of drug-likeness (QED) is 0.813. The minimum atomic E-state index is -1.26. The number of hydrogen-bond acceptors (Lipinski definition) is 3. The maximum Gasteiger partial charge on any atom is 0.337 e. The summed E-state index contributed by atoms with van der Waals surface area (Å²) >= 11 is 5.70. The Bertz CT molecular complexity index is 713. The third-order valence-corrected chi connectivity index (χ3v) is 3.00. The molecule has 2 rings (SSSR count). The zero-order chi connectivity index (χ0) is 15.6. The first-order valence-corrected chi connectivity index (χ1v) is 6.09. The lowest BCUT2D eigenvalue weighted by Gasteiger charge is -2.09. The van der Waals surface area contributed by atoms with Gasteiger partial charge in [-0.2, -0.15) is 0 Å². The summed E-state index contributed by atoms with van der Waals surface area (Å²) in [6.07, 6.45) is 0. The number of hydrogen-bond donors (Lipinski definition) is 3. The van der Waals surface area contributed by atoms with Crippen LogP contribution in [0.1, 0.15) is 20.7 Å². The second-order valence-electron chi connectivity index (χ2n) is 4.09. The first-order valence-electron chi connectivity index (χ1n) is 5.72. The number of carboxylic acid groups (broad SMARTS) is 1. The molecule has 0 aromatic heterocycles. The van der Waals surface area contributed by atoms with Gasteiger partial charge in [0.15, 0.2) is 0 Å². The maximum absolute atomic E-state index is 13.5. The predicted molar refractivity (Wildman–Crippen MR) is 74.4 cm³/mol. The largest absolute Gasteiger partial charge is 0.507 e. The van der Waals surface area contributed by atoms with E-state index in [-0.39, 0.29) is 16.3 Å². The number of rotatable bonds is 3. The number of aromatic carboxylic acids is 1. The lowest BCUT2D eigenvalue weighted by atomic mass is 10.1. The second-order valence-corrected chi connectivity index (χ2v) is 4.50. The number of phenols is 1. The van der Waals surface area contributed by atoms with Crippen molar-refractivity contribution in [3.8, 4) is 5.75 Å². The average molecular weight is 310 g/mol. The van der Waals surface area contributed by atoms with Gasteiger partial charge in [0.25, 0.3) is 5.91 Å². The van der Waals surface area contributed by atoms with Crippen molar-refractivity contribution in [3.05, 3.63) is 58.4 Å². The maximum atomic E-state index is 13.5. The Balaban J connectivity index is 2.32. The molecular weight excluding hydrogens is 301 g/mol. The molecule has 21 heavy (non-hydrogen) atoms. The molecule has 108 valence electrons. The minimum Gasteiger partial charge on any atom is -0.507 e. The fourth-order valence-electron chi connectivity index (χ4n) is 1.70. The third-order valence-electron chi connectivity index (χ3n) is 2.67. The number of carbonyl (C=O) groups excluding carboxylic acids is 1. The van der Waals surface area contributed by atoms with Crippen LogP contribution < -0.4 is 5.32 Å². The minimum absolute atomic E-state index is 0.00855.